The van der Waals surface area contributed by atoms with E-state index in [1.165, 1.54) is 14.2 Å². The molecule has 9 atom stereocenters. The summed E-state index contributed by atoms with van der Waals surface area (Å²) in [6.45, 7) is 14.8. The summed E-state index contributed by atoms with van der Waals surface area (Å²) in [6, 6.07) is 14.0. The van der Waals surface area contributed by atoms with Crippen LogP contribution in [0.15, 0.2) is 54.6 Å². The molecular formula is C48H76N6O8. The number of nitrogens with one attached hydrogen (secondary N) is 2. The quantitative estimate of drug-likeness (QED) is 0.0990. The van der Waals surface area contributed by atoms with Crippen molar-refractivity contribution in [1.82, 2.24) is 25.3 Å². The first-order valence-corrected chi connectivity index (χ1v) is 22.3. The Balaban J connectivity index is 1.77. The van der Waals surface area contributed by atoms with Gasteiger partial charge in [0.05, 0.1) is 49.8 Å². The van der Waals surface area contributed by atoms with E-state index in [9.17, 15) is 24.0 Å². The number of benzene rings is 2. The molecule has 14 heteroatoms. The van der Waals surface area contributed by atoms with E-state index in [2.05, 4.69) is 10.6 Å². The second-order valence-electron chi connectivity index (χ2n) is 17.8. The van der Waals surface area contributed by atoms with Crippen molar-refractivity contribution in [3.8, 4) is 0 Å². The van der Waals surface area contributed by atoms with Crippen LogP contribution in [0, 0.1) is 23.7 Å². The maximum atomic E-state index is 14.6. The van der Waals surface area contributed by atoms with Crippen LogP contribution in [0.25, 0.3) is 0 Å². The van der Waals surface area contributed by atoms with Crippen molar-refractivity contribution in [2.75, 3.05) is 54.2 Å². The summed E-state index contributed by atoms with van der Waals surface area (Å²) >= 11 is 0. The number of carbonyl (C=O) groups excluding carboxylic acids is 5. The van der Waals surface area contributed by atoms with Crippen LogP contribution >= 0.6 is 0 Å². The molecule has 14 nitrogen and oxygen atoms in total. The Hall–Kier alpha value is -4.53. The van der Waals surface area contributed by atoms with E-state index in [-0.39, 0.29) is 54.2 Å². The van der Waals surface area contributed by atoms with E-state index in [0.29, 0.717) is 31.6 Å². The van der Waals surface area contributed by atoms with Crippen LogP contribution in [0.3, 0.4) is 0 Å². The van der Waals surface area contributed by atoms with Gasteiger partial charge in [0.2, 0.25) is 23.6 Å². The molecule has 1 fully saturated rings. The zero-order chi connectivity index (χ0) is 46.3. The summed E-state index contributed by atoms with van der Waals surface area (Å²) in [7, 11) is 8.04. The summed E-state index contributed by atoms with van der Waals surface area (Å²) in [5, 5.41) is 5.99. The highest BCUT2D eigenvalue weighted by atomic mass is 16.5. The van der Waals surface area contributed by atoms with Gasteiger partial charge in [-0.05, 0) is 67.3 Å². The molecule has 1 aliphatic rings. The van der Waals surface area contributed by atoms with E-state index in [0.717, 1.165) is 24.0 Å². The molecule has 0 aromatic heterocycles. The number of hydrogen-bond acceptors (Lipinski definition) is 10. The van der Waals surface area contributed by atoms with Gasteiger partial charge >= 0.3 is 5.97 Å². The molecule has 0 saturated carbocycles. The summed E-state index contributed by atoms with van der Waals surface area (Å²) in [4.78, 5) is 74.9. The molecule has 0 aliphatic carbocycles. The molecule has 0 spiro atoms. The topological polar surface area (TPSA) is 173 Å². The van der Waals surface area contributed by atoms with Crippen LogP contribution in [0.2, 0.25) is 0 Å². The highest BCUT2D eigenvalue weighted by Gasteiger charge is 2.43. The summed E-state index contributed by atoms with van der Waals surface area (Å²) in [6.07, 6.45) is 1.72. The van der Waals surface area contributed by atoms with E-state index >= 15 is 0 Å². The largest absolute Gasteiger partial charge is 0.467 e. The second kappa shape index (κ2) is 24.9. The third-order valence-electron chi connectivity index (χ3n) is 12.7. The highest BCUT2D eigenvalue weighted by Crippen LogP contribution is 2.30. The molecule has 4 amide bonds. The molecule has 4 N–H and O–H groups in total. The number of likely N-dealkylation sites (tertiary alicyclic amines) is 1. The van der Waals surface area contributed by atoms with Crippen LogP contribution in [0.5, 0.6) is 0 Å². The number of hydrogen-bond donors (Lipinski definition) is 3. The van der Waals surface area contributed by atoms with E-state index in [1.807, 2.05) is 108 Å². The van der Waals surface area contributed by atoms with Crippen molar-refractivity contribution >= 4 is 35.3 Å². The van der Waals surface area contributed by atoms with Crippen LogP contribution < -0.4 is 16.4 Å². The number of likely N-dealkylation sites (N-methyl/N-ethyl adjacent to an activating group) is 2. The maximum Gasteiger partial charge on any atom is 0.328 e. The fourth-order valence-corrected chi connectivity index (χ4v) is 8.91. The zero-order valence-corrected chi connectivity index (χ0v) is 39.4. The molecule has 2 aromatic carbocycles. The summed E-state index contributed by atoms with van der Waals surface area (Å²) in [5.41, 5.74) is 8.56. The Bertz CT molecular complexity index is 1730. The number of anilines is 1. The van der Waals surface area contributed by atoms with Gasteiger partial charge in [0.25, 0.3) is 0 Å². The number of nitrogens with two attached hydrogens (primary N) is 1. The molecule has 1 aliphatic heterocycles. The second-order valence-corrected chi connectivity index (χ2v) is 17.8. The lowest BCUT2D eigenvalue weighted by Crippen LogP contribution is -2.60. The van der Waals surface area contributed by atoms with Gasteiger partial charge in [-0.3, -0.25) is 24.1 Å². The molecule has 346 valence electrons. The van der Waals surface area contributed by atoms with Gasteiger partial charge in [-0.15, -0.1) is 0 Å². The van der Waals surface area contributed by atoms with E-state index in [4.69, 9.17) is 19.9 Å². The number of esters is 1. The number of amides is 4. The van der Waals surface area contributed by atoms with Crippen LogP contribution in [0.1, 0.15) is 85.3 Å². The summed E-state index contributed by atoms with van der Waals surface area (Å²) in [5.74, 6) is -2.59. The molecule has 1 heterocycles. The minimum atomic E-state index is -0.900. The van der Waals surface area contributed by atoms with Crippen molar-refractivity contribution in [1.29, 1.82) is 0 Å². The fourth-order valence-electron chi connectivity index (χ4n) is 8.91. The van der Waals surface area contributed by atoms with Gasteiger partial charge in [-0.1, -0.05) is 97.4 Å². The van der Waals surface area contributed by atoms with E-state index in [1.54, 1.807) is 30.9 Å². The molecule has 62 heavy (non-hydrogen) atoms. The fraction of sp³-hybridized carbons (Fsp3) is 0.646. The number of methoxy groups -OCH3 is 3. The van der Waals surface area contributed by atoms with Gasteiger partial charge in [-0.25, -0.2) is 4.79 Å². The number of ether oxygens (including phenoxy) is 3. The lowest BCUT2D eigenvalue weighted by atomic mass is 9.89. The molecule has 3 rings (SSSR count). The van der Waals surface area contributed by atoms with E-state index < -0.39 is 54.3 Å². The first kappa shape index (κ1) is 51.8. The van der Waals surface area contributed by atoms with Gasteiger partial charge < -0.3 is 40.4 Å². The van der Waals surface area contributed by atoms with Crippen molar-refractivity contribution in [3.63, 3.8) is 0 Å². The van der Waals surface area contributed by atoms with Crippen LogP contribution in [-0.4, -0.2) is 135 Å². The third kappa shape index (κ3) is 14.0. The molecular weight excluding hydrogens is 789 g/mol. The predicted octanol–water partition coefficient (Wildman–Crippen LogP) is 4.73. The van der Waals surface area contributed by atoms with Gasteiger partial charge in [0, 0.05) is 46.5 Å². The van der Waals surface area contributed by atoms with Crippen LogP contribution in [0.4, 0.5) is 5.69 Å². The Morgan fingerprint density at radius 1 is 0.839 bits per heavy atom. The molecule has 0 unspecified atom stereocenters. The SMILES string of the molecule is CC[C@H](C)[C@H]([C@@H](CC(=O)N1CCC[C@H]1[C@H](OC)[C@@H](C)C(=O)N[C@@H](Cc1ccccc1)C(=O)OC)OC)N(C)C(=O)[C@@H](NC(=O)[C@H](C(C)C)N(C)CCc1ccc(N)cc1)C(C)C. The number of rotatable bonds is 24. The Kier molecular flexibility index (Phi) is 20.8. The molecule has 2 aromatic rings. The first-order chi connectivity index (χ1) is 29.4. The minimum Gasteiger partial charge on any atom is -0.467 e. The summed E-state index contributed by atoms with van der Waals surface area (Å²) < 4.78 is 17.1. The molecule has 0 radical (unpaired) electrons. The molecule has 1 saturated heterocycles. The smallest absolute Gasteiger partial charge is 0.328 e. The number of carbonyl (C=O) groups is 5. The van der Waals surface area contributed by atoms with Crippen molar-refractivity contribution in [2.45, 2.75) is 129 Å². The Morgan fingerprint density at radius 2 is 1.48 bits per heavy atom. The standard InChI is InChI=1S/C48H76N6O8/c1-13-32(6)43(53(9)47(58)41(30(2)3)51-46(57)42(31(4)5)52(8)27-25-34-21-23-36(49)24-22-34)39(60-10)29-40(55)54-26-17-20-38(54)44(61-11)33(7)45(56)50-37(48(59)62-12)28-35-18-15-14-16-19-35/h14-16,18-19,21-24,30-33,37-39,41-44H,13,17,20,25-29,49H2,1-12H3,(H,50,56)(H,51,57)/t32-,33+,37-,38-,39+,41-,42-,43+,44+/m0/s1. The predicted molar refractivity (Wildman–Crippen MR) is 243 cm³/mol. The monoisotopic (exact) mass is 865 g/mol. The average Bonchev–Trinajstić information content (AvgIpc) is 3.74. The molecule has 0 bridgehead atoms. The Morgan fingerprint density at radius 3 is 2.03 bits per heavy atom. The Labute approximate surface area is 370 Å². The van der Waals surface area contributed by atoms with Gasteiger partial charge in [-0.2, -0.15) is 0 Å². The zero-order valence-electron chi connectivity index (χ0n) is 39.4. The van der Waals surface area contributed by atoms with Crippen molar-refractivity contribution in [3.05, 3.63) is 65.7 Å². The van der Waals surface area contributed by atoms with Gasteiger partial charge in [0.15, 0.2) is 0 Å². The highest BCUT2D eigenvalue weighted by molar-refractivity contribution is 5.90. The van der Waals surface area contributed by atoms with Crippen molar-refractivity contribution in [2.24, 2.45) is 23.7 Å². The first-order valence-electron chi connectivity index (χ1n) is 22.3. The van der Waals surface area contributed by atoms with Gasteiger partial charge in [0.1, 0.15) is 12.1 Å². The average molecular weight is 865 g/mol. The van der Waals surface area contributed by atoms with Crippen LogP contribution in [-0.2, 0) is 51.0 Å². The normalized spacial score (nSPS) is 18.0. The minimum absolute atomic E-state index is 0.00887. The maximum absolute atomic E-state index is 14.6. The number of nitrogen functional groups attached to an aromatic ring is 1. The lowest BCUT2D eigenvalue weighted by Gasteiger charge is -2.41. The number of nitrogens with zero attached hydrogens (tertiary/aromatic N) is 3. The lowest BCUT2D eigenvalue weighted by molar-refractivity contribution is -0.149. The van der Waals surface area contributed by atoms with Crippen molar-refractivity contribution < 1.29 is 38.2 Å². The third-order valence-corrected chi connectivity index (χ3v) is 12.7.